The van der Waals surface area contributed by atoms with Crippen LogP contribution in [-0.2, 0) is 11.3 Å². The first-order chi connectivity index (χ1) is 11.1. The molecular weight excluding hydrogens is 359 g/mol. The first-order valence-corrected chi connectivity index (χ1v) is 8.36. The minimum atomic E-state index is -0.351. The average molecular weight is 377 g/mol. The largest absolute Gasteiger partial charge is 0.308 e. The third-order valence-corrected chi connectivity index (χ3v) is 4.67. The minimum absolute atomic E-state index is 0.0346. The standard InChI is InChI=1S/C18H18BrFN2O/c1-21(12-13-5-4-6-14(19)11-13)17-9-10-22(18(17)23)16-8-3-2-7-15(16)20/h2-8,11,17H,9-10,12H2,1H3. The molecule has 3 rings (SSSR count). The summed E-state index contributed by atoms with van der Waals surface area (Å²) in [4.78, 5) is 16.3. The molecule has 1 unspecified atom stereocenters. The monoisotopic (exact) mass is 376 g/mol. The molecular formula is C18H18BrFN2O. The average Bonchev–Trinajstić information content (AvgIpc) is 2.89. The lowest BCUT2D eigenvalue weighted by Crippen LogP contribution is -2.39. The molecule has 0 aromatic heterocycles. The zero-order chi connectivity index (χ0) is 16.4. The minimum Gasteiger partial charge on any atom is -0.308 e. The van der Waals surface area contributed by atoms with Gasteiger partial charge in [-0.25, -0.2) is 4.39 Å². The highest BCUT2D eigenvalue weighted by atomic mass is 79.9. The maximum atomic E-state index is 13.9. The Morgan fingerprint density at radius 2 is 2.04 bits per heavy atom. The van der Waals surface area contributed by atoms with Crippen molar-refractivity contribution in [2.75, 3.05) is 18.5 Å². The number of carbonyl (C=O) groups excluding carboxylic acids is 1. The van der Waals surface area contributed by atoms with Crippen LogP contribution in [0, 0.1) is 5.82 Å². The Kier molecular flexibility index (Phi) is 4.78. The van der Waals surface area contributed by atoms with E-state index >= 15 is 0 Å². The van der Waals surface area contributed by atoms with Gasteiger partial charge in [0, 0.05) is 17.6 Å². The Morgan fingerprint density at radius 3 is 2.78 bits per heavy atom. The van der Waals surface area contributed by atoms with Crippen molar-refractivity contribution in [2.45, 2.75) is 19.0 Å². The maximum Gasteiger partial charge on any atom is 0.244 e. The SMILES string of the molecule is CN(Cc1cccc(Br)c1)C1CCN(c2ccccc2F)C1=O. The van der Waals surface area contributed by atoms with Gasteiger partial charge in [0.05, 0.1) is 11.7 Å². The van der Waals surface area contributed by atoms with Crippen molar-refractivity contribution in [3.8, 4) is 0 Å². The summed E-state index contributed by atoms with van der Waals surface area (Å²) < 4.78 is 14.9. The lowest BCUT2D eigenvalue weighted by molar-refractivity contribution is -0.121. The number of carbonyl (C=O) groups is 1. The number of hydrogen-bond acceptors (Lipinski definition) is 2. The van der Waals surface area contributed by atoms with Crippen molar-refractivity contribution in [1.82, 2.24) is 4.90 Å². The number of halogens is 2. The van der Waals surface area contributed by atoms with Gasteiger partial charge in [-0.2, -0.15) is 0 Å². The van der Waals surface area contributed by atoms with Crippen LogP contribution in [0.5, 0.6) is 0 Å². The summed E-state index contributed by atoms with van der Waals surface area (Å²) in [5, 5.41) is 0. The van der Waals surface area contributed by atoms with Gasteiger partial charge in [0.2, 0.25) is 5.91 Å². The van der Waals surface area contributed by atoms with E-state index in [0.29, 0.717) is 25.2 Å². The van der Waals surface area contributed by atoms with E-state index < -0.39 is 0 Å². The molecule has 2 aromatic rings. The Bertz CT molecular complexity index is 722. The Labute approximate surface area is 143 Å². The topological polar surface area (TPSA) is 23.6 Å². The highest BCUT2D eigenvalue weighted by Crippen LogP contribution is 2.27. The number of hydrogen-bond donors (Lipinski definition) is 0. The van der Waals surface area contributed by atoms with Crippen molar-refractivity contribution in [1.29, 1.82) is 0 Å². The van der Waals surface area contributed by atoms with E-state index in [-0.39, 0.29) is 17.8 Å². The summed E-state index contributed by atoms with van der Waals surface area (Å²) in [6.07, 6.45) is 0.706. The number of para-hydroxylation sites is 1. The smallest absolute Gasteiger partial charge is 0.244 e. The molecule has 0 bridgehead atoms. The molecule has 5 heteroatoms. The maximum absolute atomic E-state index is 13.9. The lowest BCUT2D eigenvalue weighted by Gasteiger charge is -2.24. The summed E-state index contributed by atoms with van der Waals surface area (Å²) >= 11 is 3.46. The molecule has 23 heavy (non-hydrogen) atoms. The number of rotatable bonds is 4. The van der Waals surface area contributed by atoms with E-state index in [1.165, 1.54) is 6.07 Å². The first kappa shape index (κ1) is 16.1. The van der Waals surface area contributed by atoms with Crippen molar-refractivity contribution in [2.24, 2.45) is 0 Å². The van der Waals surface area contributed by atoms with E-state index in [4.69, 9.17) is 0 Å². The highest BCUT2D eigenvalue weighted by molar-refractivity contribution is 9.10. The van der Waals surface area contributed by atoms with Crippen LogP contribution in [0.3, 0.4) is 0 Å². The highest BCUT2D eigenvalue weighted by Gasteiger charge is 2.36. The number of amides is 1. The Morgan fingerprint density at radius 1 is 1.26 bits per heavy atom. The third-order valence-electron chi connectivity index (χ3n) is 4.17. The van der Waals surface area contributed by atoms with E-state index in [1.807, 2.05) is 36.2 Å². The van der Waals surface area contributed by atoms with Gasteiger partial charge in [-0.05, 0) is 43.3 Å². The summed E-state index contributed by atoms with van der Waals surface area (Å²) in [6, 6.07) is 14.3. The molecule has 3 nitrogen and oxygen atoms in total. The quantitative estimate of drug-likeness (QED) is 0.809. The summed E-state index contributed by atoms with van der Waals surface area (Å²) in [7, 11) is 1.94. The van der Waals surface area contributed by atoms with Crippen LogP contribution < -0.4 is 4.90 Å². The van der Waals surface area contributed by atoms with Gasteiger partial charge in [-0.15, -0.1) is 0 Å². The molecule has 1 heterocycles. The first-order valence-electron chi connectivity index (χ1n) is 7.57. The van der Waals surface area contributed by atoms with Gasteiger partial charge >= 0.3 is 0 Å². The Hall–Kier alpha value is -1.72. The second kappa shape index (κ2) is 6.81. The molecule has 0 saturated carbocycles. The fraction of sp³-hybridized carbons (Fsp3) is 0.278. The van der Waals surface area contributed by atoms with Crippen LogP contribution in [0.15, 0.2) is 53.0 Å². The zero-order valence-electron chi connectivity index (χ0n) is 12.9. The molecule has 1 aliphatic heterocycles. The van der Waals surface area contributed by atoms with Gasteiger partial charge < -0.3 is 4.90 Å². The van der Waals surface area contributed by atoms with Crippen LogP contribution >= 0.6 is 15.9 Å². The summed E-state index contributed by atoms with van der Waals surface area (Å²) in [6.45, 7) is 1.23. The van der Waals surface area contributed by atoms with Crippen LogP contribution in [0.25, 0.3) is 0 Å². The van der Waals surface area contributed by atoms with Crippen molar-refractivity contribution < 1.29 is 9.18 Å². The molecule has 1 aliphatic rings. The zero-order valence-corrected chi connectivity index (χ0v) is 14.5. The van der Waals surface area contributed by atoms with Crippen LogP contribution in [0.2, 0.25) is 0 Å². The number of benzene rings is 2. The normalized spacial score (nSPS) is 18.0. The molecule has 1 fully saturated rings. The van der Waals surface area contributed by atoms with E-state index in [1.54, 1.807) is 23.1 Å². The van der Waals surface area contributed by atoms with Gasteiger partial charge in [0.15, 0.2) is 0 Å². The van der Waals surface area contributed by atoms with Gasteiger partial charge in [0.1, 0.15) is 5.82 Å². The Balaban J connectivity index is 1.72. The second-order valence-electron chi connectivity index (χ2n) is 5.79. The molecule has 0 radical (unpaired) electrons. The van der Waals surface area contributed by atoms with E-state index in [9.17, 15) is 9.18 Å². The predicted molar refractivity (Wildman–Crippen MR) is 92.8 cm³/mol. The number of nitrogens with zero attached hydrogens (tertiary/aromatic N) is 2. The number of likely N-dealkylation sites (N-methyl/N-ethyl adjacent to an activating group) is 1. The van der Waals surface area contributed by atoms with Gasteiger partial charge in [-0.1, -0.05) is 40.2 Å². The second-order valence-corrected chi connectivity index (χ2v) is 6.71. The van der Waals surface area contributed by atoms with Crippen LogP contribution in [0.4, 0.5) is 10.1 Å². The molecule has 0 spiro atoms. The fourth-order valence-corrected chi connectivity index (χ4v) is 3.46. The molecule has 0 N–H and O–H groups in total. The van der Waals surface area contributed by atoms with Gasteiger partial charge in [-0.3, -0.25) is 9.69 Å². The molecule has 1 atom stereocenters. The molecule has 1 amide bonds. The van der Waals surface area contributed by atoms with Crippen LogP contribution in [-0.4, -0.2) is 30.4 Å². The van der Waals surface area contributed by atoms with E-state index in [2.05, 4.69) is 15.9 Å². The summed E-state index contributed by atoms with van der Waals surface area (Å²) in [5.74, 6) is -0.385. The van der Waals surface area contributed by atoms with Gasteiger partial charge in [0.25, 0.3) is 0 Å². The van der Waals surface area contributed by atoms with Crippen molar-refractivity contribution in [3.05, 3.63) is 64.4 Å². The predicted octanol–water partition coefficient (Wildman–Crippen LogP) is 3.83. The molecule has 2 aromatic carbocycles. The summed E-state index contributed by atoms with van der Waals surface area (Å²) in [5.41, 5.74) is 1.51. The number of anilines is 1. The third kappa shape index (κ3) is 3.46. The van der Waals surface area contributed by atoms with E-state index in [0.717, 1.165) is 10.0 Å². The van der Waals surface area contributed by atoms with Crippen LogP contribution in [0.1, 0.15) is 12.0 Å². The molecule has 0 aliphatic carbocycles. The van der Waals surface area contributed by atoms with Crippen molar-refractivity contribution >= 4 is 27.5 Å². The fourth-order valence-electron chi connectivity index (χ4n) is 3.02. The molecule has 120 valence electrons. The molecule has 1 saturated heterocycles. The van der Waals surface area contributed by atoms with Crippen molar-refractivity contribution in [3.63, 3.8) is 0 Å². The lowest BCUT2D eigenvalue weighted by atomic mass is 10.1.